The normalized spacial score (nSPS) is 11.1. The Labute approximate surface area is 198 Å². The number of benzene rings is 2. The Kier molecular flexibility index (Phi) is 8.16. The van der Waals surface area contributed by atoms with Crippen molar-refractivity contribution < 1.29 is 0 Å². The van der Waals surface area contributed by atoms with Crippen LogP contribution in [-0.4, -0.2) is 37.6 Å². The molecule has 2 aromatic carbocycles. The zero-order chi connectivity index (χ0) is 20.6. The van der Waals surface area contributed by atoms with Gasteiger partial charge < -0.3 is 10.6 Å². The smallest absolute Gasteiger partial charge is 0.191 e. The SMILES string of the molecule is CN=C(NCc1ccc(-n2cncn2)cc1)NCc1ccccc1Cn1cccn1.I. The highest BCUT2D eigenvalue weighted by Gasteiger charge is 2.05. The second-order valence-corrected chi connectivity index (χ2v) is 6.76. The lowest BCUT2D eigenvalue weighted by atomic mass is 10.1. The summed E-state index contributed by atoms with van der Waals surface area (Å²) in [5.41, 5.74) is 4.58. The van der Waals surface area contributed by atoms with E-state index in [0.717, 1.165) is 23.8 Å². The lowest BCUT2D eigenvalue weighted by molar-refractivity contribution is 0.677. The van der Waals surface area contributed by atoms with Crippen molar-refractivity contribution >= 4 is 29.9 Å². The van der Waals surface area contributed by atoms with Gasteiger partial charge in [0.15, 0.2) is 5.96 Å². The van der Waals surface area contributed by atoms with E-state index < -0.39 is 0 Å². The van der Waals surface area contributed by atoms with Gasteiger partial charge in [0.05, 0.1) is 12.2 Å². The van der Waals surface area contributed by atoms with Gasteiger partial charge in [0.1, 0.15) is 12.7 Å². The fraction of sp³-hybridized carbons (Fsp3) is 0.182. The van der Waals surface area contributed by atoms with Gasteiger partial charge in [-0.05, 0) is 34.9 Å². The first-order valence-electron chi connectivity index (χ1n) is 9.74. The van der Waals surface area contributed by atoms with Crippen molar-refractivity contribution in [3.8, 4) is 5.69 Å². The number of aliphatic imine (C=N–C) groups is 1. The van der Waals surface area contributed by atoms with Crippen molar-refractivity contribution in [2.24, 2.45) is 4.99 Å². The van der Waals surface area contributed by atoms with E-state index in [0.29, 0.717) is 13.1 Å². The van der Waals surface area contributed by atoms with Gasteiger partial charge in [-0.3, -0.25) is 9.67 Å². The Morgan fingerprint density at radius 1 is 0.935 bits per heavy atom. The van der Waals surface area contributed by atoms with Gasteiger partial charge in [0.25, 0.3) is 0 Å². The summed E-state index contributed by atoms with van der Waals surface area (Å²) in [5.74, 6) is 0.754. The molecule has 0 amide bonds. The lowest BCUT2D eigenvalue weighted by Crippen LogP contribution is -2.36. The highest BCUT2D eigenvalue weighted by molar-refractivity contribution is 14.0. The molecule has 0 saturated heterocycles. The third-order valence-electron chi connectivity index (χ3n) is 4.76. The number of halogens is 1. The number of rotatable bonds is 7. The molecule has 0 radical (unpaired) electrons. The Balaban J connectivity index is 0.00000272. The van der Waals surface area contributed by atoms with Crippen LogP contribution in [0.3, 0.4) is 0 Å². The minimum absolute atomic E-state index is 0. The molecular weight excluding hydrogens is 503 g/mol. The largest absolute Gasteiger partial charge is 0.352 e. The highest BCUT2D eigenvalue weighted by Crippen LogP contribution is 2.11. The number of hydrogen-bond acceptors (Lipinski definition) is 4. The van der Waals surface area contributed by atoms with E-state index in [2.05, 4.69) is 67.2 Å². The fourth-order valence-electron chi connectivity index (χ4n) is 3.15. The summed E-state index contributed by atoms with van der Waals surface area (Å²) >= 11 is 0. The van der Waals surface area contributed by atoms with Crippen molar-refractivity contribution in [3.05, 3.63) is 96.3 Å². The van der Waals surface area contributed by atoms with Gasteiger partial charge in [0, 0.05) is 32.5 Å². The molecular formula is C22H25IN8. The summed E-state index contributed by atoms with van der Waals surface area (Å²) in [6, 6.07) is 18.5. The van der Waals surface area contributed by atoms with E-state index in [4.69, 9.17) is 0 Å². The maximum absolute atomic E-state index is 4.34. The van der Waals surface area contributed by atoms with E-state index in [-0.39, 0.29) is 24.0 Å². The minimum atomic E-state index is 0. The molecule has 2 aromatic heterocycles. The van der Waals surface area contributed by atoms with E-state index >= 15 is 0 Å². The van der Waals surface area contributed by atoms with Crippen LogP contribution in [0.1, 0.15) is 16.7 Å². The summed E-state index contributed by atoms with van der Waals surface area (Å²) in [4.78, 5) is 8.31. The van der Waals surface area contributed by atoms with Crippen LogP contribution >= 0.6 is 24.0 Å². The molecule has 9 heteroatoms. The second-order valence-electron chi connectivity index (χ2n) is 6.76. The molecule has 31 heavy (non-hydrogen) atoms. The topological polar surface area (TPSA) is 85.0 Å². The minimum Gasteiger partial charge on any atom is -0.352 e. The lowest BCUT2D eigenvalue weighted by Gasteiger charge is -2.14. The molecule has 0 saturated carbocycles. The van der Waals surface area contributed by atoms with Gasteiger partial charge in [0.2, 0.25) is 0 Å². The molecule has 0 spiro atoms. The van der Waals surface area contributed by atoms with Crippen molar-refractivity contribution in [2.45, 2.75) is 19.6 Å². The standard InChI is InChI=1S/C22H24N8.HI/c1-23-22(25-13-18-7-9-21(10-8-18)30-17-24-16-28-30)26-14-19-5-2-3-6-20(19)15-29-12-4-11-27-29;/h2-12,16-17H,13-15H2,1H3,(H2,23,25,26);1H. The maximum Gasteiger partial charge on any atom is 0.191 e. The van der Waals surface area contributed by atoms with E-state index in [1.54, 1.807) is 24.3 Å². The molecule has 0 bridgehead atoms. The molecule has 0 aliphatic rings. The summed E-state index contributed by atoms with van der Waals surface area (Å²) in [5, 5.41) is 15.2. The number of aromatic nitrogens is 5. The van der Waals surface area contributed by atoms with Crippen molar-refractivity contribution in [3.63, 3.8) is 0 Å². The average molecular weight is 528 g/mol. The molecule has 2 heterocycles. The summed E-state index contributed by atoms with van der Waals surface area (Å²) in [6.45, 7) is 2.10. The van der Waals surface area contributed by atoms with Crippen molar-refractivity contribution in [1.29, 1.82) is 0 Å². The van der Waals surface area contributed by atoms with Crippen LogP contribution in [0.4, 0.5) is 0 Å². The van der Waals surface area contributed by atoms with Crippen LogP contribution in [0.15, 0.2) is 84.6 Å². The van der Waals surface area contributed by atoms with Crippen LogP contribution in [0, 0.1) is 0 Å². The van der Waals surface area contributed by atoms with Gasteiger partial charge >= 0.3 is 0 Å². The molecule has 0 fully saturated rings. The summed E-state index contributed by atoms with van der Waals surface area (Å²) in [7, 11) is 1.78. The second kappa shape index (κ2) is 11.3. The van der Waals surface area contributed by atoms with Crippen LogP contribution in [0.5, 0.6) is 0 Å². The Hall–Kier alpha value is -3.21. The van der Waals surface area contributed by atoms with Gasteiger partial charge in [-0.1, -0.05) is 36.4 Å². The molecule has 0 unspecified atom stereocenters. The average Bonchev–Trinajstić information content (AvgIpc) is 3.50. The predicted octanol–water partition coefficient (Wildman–Crippen LogP) is 3.00. The van der Waals surface area contributed by atoms with Gasteiger partial charge in [-0.25, -0.2) is 9.67 Å². The molecule has 0 atom stereocenters. The molecule has 8 nitrogen and oxygen atoms in total. The molecule has 0 aliphatic heterocycles. The predicted molar refractivity (Wildman–Crippen MR) is 132 cm³/mol. The Morgan fingerprint density at radius 3 is 2.39 bits per heavy atom. The van der Waals surface area contributed by atoms with Crippen molar-refractivity contribution in [2.75, 3.05) is 7.05 Å². The first kappa shape index (κ1) is 22.5. The Morgan fingerprint density at radius 2 is 1.71 bits per heavy atom. The molecule has 2 N–H and O–H groups in total. The van der Waals surface area contributed by atoms with E-state index in [9.17, 15) is 0 Å². The highest BCUT2D eigenvalue weighted by atomic mass is 127. The molecule has 4 rings (SSSR count). The fourth-order valence-corrected chi connectivity index (χ4v) is 3.15. The van der Waals surface area contributed by atoms with Crippen LogP contribution in [-0.2, 0) is 19.6 Å². The quantitative estimate of drug-likeness (QED) is 0.219. The molecule has 0 aliphatic carbocycles. The third kappa shape index (κ3) is 6.14. The molecule has 160 valence electrons. The van der Waals surface area contributed by atoms with Gasteiger partial charge in [-0.15, -0.1) is 24.0 Å². The van der Waals surface area contributed by atoms with Gasteiger partial charge in [-0.2, -0.15) is 10.2 Å². The third-order valence-corrected chi connectivity index (χ3v) is 4.76. The summed E-state index contributed by atoms with van der Waals surface area (Å²) in [6.07, 6.45) is 6.98. The number of guanidine groups is 1. The van der Waals surface area contributed by atoms with Crippen LogP contribution < -0.4 is 10.6 Å². The maximum atomic E-state index is 4.34. The number of nitrogens with zero attached hydrogens (tertiary/aromatic N) is 6. The molecule has 4 aromatic rings. The summed E-state index contributed by atoms with van der Waals surface area (Å²) < 4.78 is 3.66. The van der Waals surface area contributed by atoms with Crippen LogP contribution in [0.2, 0.25) is 0 Å². The van der Waals surface area contributed by atoms with E-state index in [1.807, 2.05) is 29.1 Å². The monoisotopic (exact) mass is 528 g/mol. The van der Waals surface area contributed by atoms with Crippen LogP contribution in [0.25, 0.3) is 5.69 Å². The van der Waals surface area contributed by atoms with Crippen molar-refractivity contribution in [1.82, 2.24) is 35.2 Å². The first-order chi connectivity index (χ1) is 14.8. The zero-order valence-electron chi connectivity index (χ0n) is 17.2. The number of hydrogen-bond donors (Lipinski definition) is 2. The Bertz CT molecular complexity index is 1070. The first-order valence-corrected chi connectivity index (χ1v) is 9.74. The van der Waals surface area contributed by atoms with E-state index in [1.165, 1.54) is 17.5 Å². The zero-order valence-corrected chi connectivity index (χ0v) is 19.5. The number of nitrogens with one attached hydrogen (secondary N) is 2.